The third-order valence-corrected chi connectivity index (χ3v) is 4.09. The van der Waals surface area contributed by atoms with Gasteiger partial charge in [-0.2, -0.15) is 0 Å². The van der Waals surface area contributed by atoms with E-state index in [4.69, 9.17) is 5.73 Å². The summed E-state index contributed by atoms with van der Waals surface area (Å²) < 4.78 is 1.22. The zero-order valence-electron chi connectivity index (χ0n) is 9.75. The molecule has 0 aliphatic carbocycles. The lowest BCUT2D eigenvalue weighted by Crippen LogP contribution is -2.34. The lowest BCUT2D eigenvalue weighted by molar-refractivity contribution is 0.250. The van der Waals surface area contributed by atoms with E-state index in [-0.39, 0.29) is 0 Å². The normalized spacial score (nSPS) is 21.6. The van der Waals surface area contributed by atoms with Gasteiger partial charge in [0.25, 0.3) is 0 Å². The fourth-order valence-corrected chi connectivity index (χ4v) is 2.99. The molecular formula is C13H19BrN2. The van der Waals surface area contributed by atoms with Crippen molar-refractivity contribution < 1.29 is 0 Å². The largest absolute Gasteiger partial charge is 0.329 e. The van der Waals surface area contributed by atoms with Crippen LogP contribution in [-0.4, -0.2) is 24.0 Å². The molecule has 88 valence electrons. The molecule has 1 unspecified atom stereocenters. The van der Waals surface area contributed by atoms with Gasteiger partial charge in [0.15, 0.2) is 0 Å². The highest BCUT2D eigenvalue weighted by atomic mass is 79.9. The average molecular weight is 283 g/mol. The third-order valence-electron chi connectivity index (χ3n) is 3.35. The lowest BCUT2D eigenvalue weighted by Gasteiger charge is -2.23. The van der Waals surface area contributed by atoms with Crippen LogP contribution in [-0.2, 0) is 6.54 Å². The summed E-state index contributed by atoms with van der Waals surface area (Å²) in [5.74, 6) is 0. The van der Waals surface area contributed by atoms with E-state index >= 15 is 0 Å². The van der Waals surface area contributed by atoms with Gasteiger partial charge in [-0.15, -0.1) is 0 Å². The molecule has 2 nitrogen and oxygen atoms in total. The second-order valence-corrected chi connectivity index (χ2v) is 5.45. The Morgan fingerprint density at radius 3 is 3.00 bits per heavy atom. The van der Waals surface area contributed by atoms with E-state index in [9.17, 15) is 0 Å². The molecule has 1 aromatic carbocycles. The summed E-state index contributed by atoms with van der Waals surface area (Å²) >= 11 is 3.64. The molecule has 1 aliphatic heterocycles. The standard InChI is InChI=1S/C13H19BrN2/c1-10-4-5-11(13(14)7-10)9-16-6-2-3-12(16)8-15/h4-5,7,12H,2-3,6,8-9,15H2,1H3. The van der Waals surface area contributed by atoms with Gasteiger partial charge in [0, 0.05) is 23.6 Å². The van der Waals surface area contributed by atoms with Crippen LogP contribution in [0.2, 0.25) is 0 Å². The summed E-state index contributed by atoms with van der Waals surface area (Å²) in [4.78, 5) is 2.50. The molecule has 1 saturated heterocycles. The topological polar surface area (TPSA) is 29.3 Å². The second-order valence-electron chi connectivity index (χ2n) is 4.60. The predicted octanol–water partition coefficient (Wildman–Crippen LogP) is 2.68. The van der Waals surface area contributed by atoms with Gasteiger partial charge in [-0.3, -0.25) is 4.90 Å². The van der Waals surface area contributed by atoms with Crippen molar-refractivity contribution in [1.29, 1.82) is 0 Å². The average Bonchev–Trinajstić information content (AvgIpc) is 2.69. The minimum absolute atomic E-state index is 0.577. The highest BCUT2D eigenvalue weighted by Crippen LogP contribution is 2.24. The zero-order valence-corrected chi connectivity index (χ0v) is 11.3. The Morgan fingerprint density at radius 2 is 2.31 bits per heavy atom. The van der Waals surface area contributed by atoms with Gasteiger partial charge in [0.2, 0.25) is 0 Å². The molecule has 2 N–H and O–H groups in total. The van der Waals surface area contributed by atoms with Crippen molar-refractivity contribution in [1.82, 2.24) is 4.90 Å². The van der Waals surface area contributed by atoms with Crippen LogP contribution in [0.4, 0.5) is 0 Å². The number of nitrogens with two attached hydrogens (primary N) is 1. The predicted molar refractivity (Wildman–Crippen MR) is 71.4 cm³/mol. The number of halogens is 1. The van der Waals surface area contributed by atoms with Gasteiger partial charge in [-0.05, 0) is 43.5 Å². The van der Waals surface area contributed by atoms with Crippen LogP contribution in [0.3, 0.4) is 0 Å². The maximum Gasteiger partial charge on any atom is 0.0248 e. The maximum absolute atomic E-state index is 5.79. The second kappa shape index (κ2) is 5.30. The van der Waals surface area contributed by atoms with Crippen molar-refractivity contribution in [3.63, 3.8) is 0 Å². The van der Waals surface area contributed by atoms with E-state index < -0.39 is 0 Å². The lowest BCUT2D eigenvalue weighted by atomic mass is 10.1. The summed E-state index contributed by atoms with van der Waals surface area (Å²) in [5, 5.41) is 0. The SMILES string of the molecule is Cc1ccc(CN2CCCC2CN)c(Br)c1. The molecule has 1 aromatic rings. The van der Waals surface area contributed by atoms with Crippen LogP contribution < -0.4 is 5.73 Å². The van der Waals surface area contributed by atoms with E-state index in [0.717, 1.165) is 13.1 Å². The molecule has 0 aromatic heterocycles. The molecule has 2 rings (SSSR count). The van der Waals surface area contributed by atoms with Crippen LogP contribution in [0, 0.1) is 6.92 Å². The van der Waals surface area contributed by atoms with Gasteiger partial charge in [-0.25, -0.2) is 0 Å². The summed E-state index contributed by atoms with van der Waals surface area (Å²) in [6.45, 7) is 5.10. The first kappa shape index (κ1) is 12.1. The Morgan fingerprint density at radius 1 is 1.50 bits per heavy atom. The van der Waals surface area contributed by atoms with E-state index in [1.54, 1.807) is 0 Å². The number of benzene rings is 1. The van der Waals surface area contributed by atoms with E-state index in [2.05, 4.69) is 46.0 Å². The number of likely N-dealkylation sites (tertiary alicyclic amines) is 1. The molecule has 3 heteroatoms. The Hall–Kier alpha value is -0.380. The number of hydrogen-bond acceptors (Lipinski definition) is 2. The van der Waals surface area contributed by atoms with Crippen LogP contribution in [0.15, 0.2) is 22.7 Å². The first-order chi connectivity index (χ1) is 7.70. The first-order valence-corrected chi connectivity index (χ1v) is 6.69. The van der Waals surface area contributed by atoms with Crippen molar-refractivity contribution >= 4 is 15.9 Å². The van der Waals surface area contributed by atoms with E-state index in [1.807, 2.05) is 0 Å². The number of hydrogen-bond donors (Lipinski definition) is 1. The summed E-state index contributed by atoms with van der Waals surface area (Å²) in [5.41, 5.74) is 8.45. The highest BCUT2D eigenvalue weighted by molar-refractivity contribution is 9.10. The molecular weight excluding hydrogens is 264 g/mol. The first-order valence-electron chi connectivity index (χ1n) is 5.90. The Balaban J connectivity index is 2.08. The Labute approximate surface area is 106 Å². The molecule has 0 spiro atoms. The number of rotatable bonds is 3. The van der Waals surface area contributed by atoms with Gasteiger partial charge >= 0.3 is 0 Å². The summed E-state index contributed by atoms with van der Waals surface area (Å²) in [6.07, 6.45) is 2.53. The van der Waals surface area contributed by atoms with Crippen molar-refractivity contribution in [3.8, 4) is 0 Å². The van der Waals surface area contributed by atoms with Crippen LogP contribution >= 0.6 is 15.9 Å². The molecule has 1 aliphatic rings. The molecule has 1 heterocycles. The van der Waals surface area contributed by atoms with Gasteiger partial charge < -0.3 is 5.73 Å². The number of aryl methyl sites for hydroxylation is 1. The molecule has 0 radical (unpaired) electrons. The summed E-state index contributed by atoms with van der Waals surface area (Å²) in [6, 6.07) is 7.15. The fourth-order valence-electron chi connectivity index (χ4n) is 2.37. The Kier molecular flexibility index (Phi) is 4.00. The van der Waals surface area contributed by atoms with Crippen molar-refractivity contribution in [2.45, 2.75) is 32.4 Å². The van der Waals surface area contributed by atoms with Crippen LogP contribution in [0.5, 0.6) is 0 Å². The molecule has 0 bridgehead atoms. The molecule has 16 heavy (non-hydrogen) atoms. The summed E-state index contributed by atoms with van der Waals surface area (Å²) in [7, 11) is 0. The van der Waals surface area contributed by atoms with Gasteiger partial charge in [0.1, 0.15) is 0 Å². The zero-order chi connectivity index (χ0) is 11.5. The molecule has 1 atom stereocenters. The maximum atomic E-state index is 5.79. The highest BCUT2D eigenvalue weighted by Gasteiger charge is 2.23. The fraction of sp³-hybridized carbons (Fsp3) is 0.538. The minimum Gasteiger partial charge on any atom is -0.329 e. The van der Waals surface area contributed by atoms with Crippen molar-refractivity contribution in [2.75, 3.05) is 13.1 Å². The van der Waals surface area contributed by atoms with Gasteiger partial charge in [0.05, 0.1) is 0 Å². The quantitative estimate of drug-likeness (QED) is 0.924. The van der Waals surface area contributed by atoms with Crippen molar-refractivity contribution in [3.05, 3.63) is 33.8 Å². The third kappa shape index (κ3) is 2.65. The molecule has 0 saturated carbocycles. The van der Waals surface area contributed by atoms with Crippen molar-refractivity contribution in [2.24, 2.45) is 5.73 Å². The monoisotopic (exact) mass is 282 g/mol. The Bertz CT molecular complexity index is 365. The smallest absolute Gasteiger partial charge is 0.0248 e. The number of nitrogens with zero attached hydrogens (tertiary/aromatic N) is 1. The van der Waals surface area contributed by atoms with E-state index in [1.165, 1.54) is 35.0 Å². The van der Waals surface area contributed by atoms with Crippen LogP contribution in [0.25, 0.3) is 0 Å². The molecule has 1 fully saturated rings. The van der Waals surface area contributed by atoms with E-state index in [0.29, 0.717) is 6.04 Å². The van der Waals surface area contributed by atoms with Crippen LogP contribution in [0.1, 0.15) is 24.0 Å². The molecule has 0 amide bonds. The van der Waals surface area contributed by atoms with Gasteiger partial charge in [-0.1, -0.05) is 28.1 Å². The minimum atomic E-state index is 0.577.